The maximum Gasteiger partial charge on any atom is 0.331 e. The lowest BCUT2D eigenvalue weighted by atomic mass is 10.1. The molecular weight excluding hydrogens is 378 g/mol. The highest BCUT2D eigenvalue weighted by Gasteiger charge is 2.26. The molecule has 0 aliphatic heterocycles. The van der Waals surface area contributed by atoms with Crippen LogP contribution in [0.3, 0.4) is 0 Å². The summed E-state index contributed by atoms with van der Waals surface area (Å²) in [5.41, 5.74) is 3.54. The molecular formula is C21H24ClN3O3. The van der Waals surface area contributed by atoms with E-state index in [2.05, 4.69) is 10.4 Å². The van der Waals surface area contributed by atoms with Crippen molar-refractivity contribution in [3.8, 4) is 0 Å². The fourth-order valence-electron chi connectivity index (χ4n) is 2.86. The third kappa shape index (κ3) is 5.01. The zero-order valence-electron chi connectivity index (χ0n) is 16.2. The molecule has 148 valence electrons. The second kappa shape index (κ2) is 8.61. The summed E-state index contributed by atoms with van der Waals surface area (Å²) in [7, 11) is 0. The predicted molar refractivity (Wildman–Crippen MR) is 108 cm³/mol. The van der Waals surface area contributed by atoms with Gasteiger partial charge in [0.1, 0.15) is 0 Å². The zero-order valence-corrected chi connectivity index (χ0v) is 17.0. The molecule has 1 aromatic heterocycles. The predicted octanol–water partition coefficient (Wildman–Crippen LogP) is 3.43. The molecule has 1 heterocycles. The molecule has 1 atom stereocenters. The quantitative estimate of drug-likeness (QED) is 0.569. The molecule has 0 saturated heterocycles. The SMILES string of the molecule is Cc1nn(Cc2ccccc2Cl)c(C)c1/C=C/C(=O)O[C@H](C)C(=O)NC1CC1. The topological polar surface area (TPSA) is 73.2 Å². The van der Waals surface area contributed by atoms with E-state index >= 15 is 0 Å². The Morgan fingerprint density at radius 2 is 2.07 bits per heavy atom. The average molecular weight is 402 g/mol. The van der Waals surface area contributed by atoms with Crippen molar-refractivity contribution in [1.29, 1.82) is 0 Å². The molecule has 28 heavy (non-hydrogen) atoms. The molecule has 2 aromatic rings. The standard InChI is InChI=1S/C21H24ClN3O3/c1-13-18(10-11-20(26)28-15(3)21(27)23-17-8-9-17)14(2)25(24-13)12-16-6-4-5-7-19(16)22/h4-7,10-11,15,17H,8-9,12H2,1-3H3,(H,23,27)/b11-10+/t15-/m1/s1. The smallest absolute Gasteiger partial charge is 0.331 e. The Hall–Kier alpha value is -2.60. The van der Waals surface area contributed by atoms with Crippen molar-refractivity contribution < 1.29 is 14.3 Å². The number of esters is 1. The summed E-state index contributed by atoms with van der Waals surface area (Å²) in [6.07, 6.45) is 4.17. The Labute approximate surface area is 169 Å². The Kier molecular flexibility index (Phi) is 6.19. The van der Waals surface area contributed by atoms with E-state index in [0.29, 0.717) is 11.6 Å². The van der Waals surface area contributed by atoms with Crippen LogP contribution in [0.5, 0.6) is 0 Å². The highest BCUT2D eigenvalue weighted by atomic mass is 35.5. The lowest BCUT2D eigenvalue weighted by Gasteiger charge is -2.11. The molecule has 1 amide bonds. The molecule has 1 saturated carbocycles. The lowest BCUT2D eigenvalue weighted by molar-refractivity contribution is -0.150. The Morgan fingerprint density at radius 3 is 2.75 bits per heavy atom. The van der Waals surface area contributed by atoms with E-state index < -0.39 is 12.1 Å². The molecule has 7 heteroatoms. The van der Waals surface area contributed by atoms with Crippen LogP contribution in [-0.4, -0.2) is 33.8 Å². The van der Waals surface area contributed by atoms with Gasteiger partial charge in [-0.25, -0.2) is 4.79 Å². The van der Waals surface area contributed by atoms with Gasteiger partial charge >= 0.3 is 5.97 Å². The van der Waals surface area contributed by atoms with Crippen LogP contribution in [0.25, 0.3) is 6.08 Å². The number of benzene rings is 1. The Balaban J connectivity index is 1.64. The number of ether oxygens (including phenoxy) is 1. The van der Waals surface area contributed by atoms with Crippen LogP contribution in [0.2, 0.25) is 5.02 Å². The highest BCUT2D eigenvalue weighted by molar-refractivity contribution is 6.31. The van der Waals surface area contributed by atoms with Gasteiger partial charge in [-0.3, -0.25) is 9.48 Å². The van der Waals surface area contributed by atoms with Gasteiger partial charge < -0.3 is 10.1 Å². The number of halogens is 1. The van der Waals surface area contributed by atoms with Crippen LogP contribution in [0.4, 0.5) is 0 Å². The number of nitrogens with one attached hydrogen (secondary N) is 1. The number of aromatic nitrogens is 2. The summed E-state index contributed by atoms with van der Waals surface area (Å²) in [6.45, 7) is 5.94. The van der Waals surface area contributed by atoms with Crippen molar-refractivity contribution in [2.75, 3.05) is 0 Å². The van der Waals surface area contributed by atoms with E-state index in [1.807, 2.05) is 42.8 Å². The second-order valence-electron chi connectivity index (χ2n) is 7.03. The van der Waals surface area contributed by atoms with E-state index in [0.717, 1.165) is 35.4 Å². The number of carbonyl (C=O) groups is 2. The van der Waals surface area contributed by atoms with Crippen LogP contribution < -0.4 is 5.32 Å². The number of rotatable bonds is 7. The van der Waals surface area contributed by atoms with Gasteiger partial charge in [0.05, 0.1) is 12.2 Å². The summed E-state index contributed by atoms with van der Waals surface area (Å²) < 4.78 is 7.03. The van der Waals surface area contributed by atoms with Crippen LogP contribution in [-0.2, 0) is 20.9 Å². The fourth-order valence-corrected chi connectivity index (χ4v) is 3.05. The number of hydrogen-bond donors (Lipinski definition) is 1. The fraction of sp³-hybridized carbons (Fsp3) is 0.381. The number of nitrogens with zero attached hydrogens (tertiary/aromatic N) is 2. The van der Waals surface area contributed by atoms with E-state index in [1.165, 1.54) is 6.08 Å². The first kappa shape index (κ1) is 20.1. The third-order valence-electron chi connectivity index (χ3n) is 4.69. The maximum atomic E-state index is 12.1. The monoisotopic (exact) mass is 401 g/mol. The van der Waals surface area contributed by atoms with Crippen molar-refractivity contribution in [1.82, 2.24) is 15.1 Å². The van der Waals surface area contributed by atoms with Crippen LogP contribution in [0.15, 0.2) is 30.3 Å². The van der Waals surface area contributed by atoms with Crippen LogP contribution in [0, 0.1) is 13.8 Å². The molecule has 0 spiro atoms. The highest BCUT2D eigenvalue weighted by Crippen LogP contribution is 2.21. The van der Waals surface area contributed by atoms with Crippen LogP contribution in [0.1, 0.15) is 42.3 Å². The maximum absolute atomic E-state index is 12.1. The zero-order chi connectivity index (χ0) is 20.3. The van der Waals surface area contributed by atoms with Gasteiger partial charge in [0.2, 0.25) is 0 Å². The average Bonchev–Trinajstić information content (AvgIpc) is 3.42. The minimum Gasteiger partial charge on any atom is -0.449 e. The molecule has 0 unspecified atom stereocenters. The van der Waals surface area contributed by atoms with Gasteiger partial charge in [0.15, 0.2) is 6.10 Å². The minimum atomic E-state index is -0.817. The van der Waals surface area contributed by atoms with E-state index in [9.17, 15) is 9.59 Å². The van der Waals surface area contributed by atoms with Crippen molar-refractivity contribution in [2.24, 2.45) is 0 Å². The lowest BCUT2D eigenvalue weighted by Crippen LogP contribution is -2.36. The number of amides is 1. The first-order valence-corrected chi connectivity index (χ1v) is 9.69. The van der Waals surface area contributed by atoms with E-state index in [4.69, 9.17) is 16.3 Å². The van der Waals surface area contributed by atoms with Gasteiger partial charge in [-0.05, 0) is 51.3 Å². The normalized spacial score (nSPS) is 14.9. The number of carbonyl (C=O) groups excluding carboxylic acids is 2. The van der Waals surface area contributed by atoms with E-state index in [-0.39, 0.29) is 11.9 Å². The van der Waals surface area contributed by atoms with Crippen molar-refractivity contribution in [2.45, 2.75) is 52.3 Å². The summed E-state index contributed by atoms with van der Waals surface area (Å²) in [5.74, 6) is -0.819. The number of hydrogen-bond acceptors (Lipinski definition) is 4. The largest absolute Gasteiger partial charge is 0.449 e. The van der Waals surface area contributed by atoms with E-state index in [1.54, 1.807) is 13.0 Å². The second-order valence-corrected chi connectivity index (χ2v) is 7.44. The van der Waals surface area contributed by atoms with Gasteiger partial charge in [-0.15, -0.1) is 0 Å². The molecule has 3 rings (SSSR count). The molecule has 6 nitrogen and oxygen atoms in total. The van der Waals surface area contributed by atoms with Crippen molar-refractivity contribution in [3.05, 3.63) is 57.9 Å². The summed E-state index contributed by atoms with van der Waals surface area (Å²) in [5, 5.41) is 8.05. The van der Waals surface area contributed by atoms with Crippen molar-refractivity contribution in [3.63, 3.8) is 0 Å². The molecule has 1 aliphatic rings. The summed E-state index contributed by atoms with van der Waals surface area (Å²) in [6, 6.07) is 7.86. The first-order chi connectivity index (χ1) is 13.3. The van der Waals surface area contributed by atoms with Gasteiger partial charge in [0, 0.05) is 28.4 Å². The molecule has 1 aliphatic carbocycles. The first-order valence-electron chi connectivity index (χ1n) is 9.31. The van der Waals surface area contributed by atoms with Gasteiger partial charge in [-0.2, -0.15) is 5.10 Å². The number of aryl methyl sites for hydroxylation is 1. The van der Waals surface area contributed by atoms with Gasteiger partial charge in [-0.1, -0.05) is 29.8 Å². The Morgan fingerprint density at radius 1 is 1.36 bits per heavy atom. The summed E-state index contributed by atoms with van der Waals surface area (Å²) in [4.78, 5) is 23.9. The minimum absolute atomic E-state index is 0.235. The molecule has 0 radical (unpaired) electrons. The van der Waals surface area contributed by atoms with Crippen LogP contribution >= 0.6 is 11.6 Å². The molecule has 1 N–H and O–H groups in total. The molecule has 0 bridgehead atoms. The van der Waals surface area contributed by atoms with Gasteiger partial charge in [0.25, 0.3) is 5.91 Å². The third-order valence-corrected chi connectivity index (χ3v) is 5.06. The summed E-state index contributed by atoms with van der Waals surface area (Å²) >= 11 is 6.24. The van der Waals surface area contributed by atoms with Crippen molar-refractivity contribution >= 4 is 29.6 Å². The molecule has 1 fully saturated rings. The molecule has 1 aromatic carbocycles. The Bertz CT molecular complexity index is 916.